The number of carbonyl (C=O) groups is 2. The Kier molecular flexibility index (Phi) is 8.16. The van der Waals surface area contributed by atoms with E-state index in [9.17, 15) is 25.0 Å². The Hall–Kier alpha value is -4.68. The summed E-state index contributed by atoms with van der Waals surface area (Å²) >= 11 is 5.84. The molecule has 3 rings (SSSR count). The predicted octanol–water partition coefficient (Wildman–Crippen LogP) is 5.41. The molecule has 176 valence electrons. The van der Waals surface area contributed by atoms with Gasteiger partial charge in [0.2, 0.25) is 0 Å². The zero-order chi connectivity index (χ0) is 25.4. The number of halogens is 1. The summed E-state index contributed by atoms with van der Waals surface area (Å²) in [6.07, 6.45) is 1.32. The molecule has 0 aromatic heterocycles. The van der Waals surface area contributed by atoms with Gasteiger partial charge in [-0.2, -0.15) is 5.26 Å². The second kappa shape index (κ2) is 11.4. The Bertz CT molecular complexity index is 1350. The van der Waals surface area contributed by atoms with Crippen LogP contribution >= 0.6 is 11.6 Å². The van der Waals surface area contributed by atoms with Crippen molar-refractivity contribution in [2.75, 3.05) is 11.9 Å². The minimum Gasteiger partial charge on any atom is -0.490 e. The van der Waals surface area contributed by atoms with E-state index in [4.69, 9.17) is 21.1 Å². The van der Waals surface area contributed by atoms with Gasteiger partial charge in [-0.1, -0.05) is 23.7 Å². The van der Waals surface area contributed by atoms with Crippen molar-refractivity contribution in [2.24, 2.45) is 0 Å². The summed E-state index contributed by atoms with van der Waals surface area (Å²) in [6, 6.07) is 17.9. The first-order valence-corrected chi connectivity index (χ1v) is 10.6. The van der Waals surface area contributed by atoms with Gasteiger partial charge in [0.25, 0.3) is 11.6 Å². The van der Waals surface area contributed by atoms with Crippen LogP contribution < -0.4 is 14.8 Å². The van der Waals surface area contributed by atoms with Crippen LogP contribution in [0.1, 0.15) is 22.8 Å². The topological polar surface area (TPSA) is 132 Å². The molecule has 0 aliphatic carbocycles. The number of anilines is 1. The maximum atomic E-state index is 12.6. The average Bonchev–Trinajstić information content (AvgIpc) is 2.84. The van der Waals surface area contributed by atoms with Gasteiger partial charge >= 0.3 is 5.97 Å². The molecule has 9 nitrogen and oxygen atoms in total. The number of nitrogens with zero attached hydrogens (tertiary/aromatic N) is 2. The Labute approximate surface area is 205 Å². The monoisotopic (exact) mass is 491 g/mol. The number of amides is 1. The van der Waals surface area contributed by atoms with E-state index < -0.39 is 16.8 Å². The van der Waals surface area contributed by atoms with Crippen LogP contribution in [0.15, 0.2) is 72.3 Å². The lowest BCUT2D eigenvalue weighted by atomic mass is 10.1. The molecule has 3 aromatic rings. The molecule has 1 amide bonds. The second-order valence-electron chi connectivity index (χ2n) is 6.97. The van der Waals surface area contributed by atoms with Gasteiger partial charge in [0, 0.05) is 22.8 Å². The van der Waals surface area contributed by atoms with Crippen molar-refractivity contribution in [1.29, 1.82) is 5.26 Å². The number of nitrogens with one attached hydrogen (secondary N) is 1. The Morgan fingerprint density at radius 1 is 1.11 bits per heavy atom. The Morgan fingerprint density at radius 3 is 2.51 bits per heavy atom. The van der Waals surface area contributed by atoms with Gasteiger partial charge in [-0.15, -0.1) is 0 Å². The minimum absolute atomic E-state index is 0.156. The number of esters is 1. The van der Waals surface area contributed by atoms with Crippen molar-refractivity contribution < 1.29 is 24.0 Å². The van der Waals surface area contributed by atoms with Crippen LogP contribution in [-0.2, 0) is 4.79 Å². The highest BCUT2D eigenvalue weighted by Gasteiger charge is 2.15. The summed E-state index contributed by atoms with van der Waals surface area (Å²) < 4.78 is 11.0. The fourth-order valence-electron chi connectivity index (χ4n) is 2.92. The van der Waals surface area contributed by atoms with Crippen molar-refractivity contribution in [2.45, 2.75) is 6.92 Å². The first-order valence-electron chi connectivity index (χ1n) is 10.2. The van der Waals surface area contributed by atoms with Gasteiger partial charge < -0.3 is 14.8 Å². The van der Waals surface area contributed by atoms with Crippen LogP contribution in [-0.4, -0.2) is 23.4 Å². The summed E-state index contributed by atoms with van der Waals surface area (Å²) in [7, 11) is 0. The van der Waals surface area contributed by atoms with Crippen molar-refractivity contribution in [3.8, 4) is 17.6 Å². The van der Waals surface area contributed by atoms with Crippen molar-refractivity contribution in [1.82, 2.24) is 0 Å². The third-order valence-electron chi connectivity index (χ3n) is 4.54. The number of carbonyl (C=O) groups excluding carboxylic acids is 2. The van der Waals surface area contributed by atoms with E-state index in [1.807, 2.05) is 6.07 Å². The summed E-state index contributed by atoms with van der Waals surface area (Å²) in [5, 5.41) is 23.3. The molecule has 0 saturated carbocycles. The first-order chi connectivity index (χ1) is 16.8. The van der Waals surface area contributed by atoms with Gasteiger partial charge in [-0.25, -0.2) is 4.79 Å². The molecule has 0 heterocycles. The van der Waals surface area contributed by atoms with Crippen LogP contribution in [0.4, 0.5) is 11.4 Å². The highest BCUT2D eigenvalue weighted by atomic mass is 35.5. The van der Waals surface area contributed by atoms with Gasteiger partial charge in [-0.05, 0) is 61.0 Å². The number of ether oxygens (including phenoxy) is 2. The number of nitro benzene ring substituents is 1. The van der Waals surface area contributed by atoms with E-state index in [1.165, 1.54) is 54.6 Å². The fourth-order valence-corrected chi connectivity index (χ4v) is 3.05. The molecular weight excluding hydrogens is 474 g/mol. The number of nitro groups is 1. The molecule has 0 saturated heterocycles. The standard InChI is InChI=1S/C25H18ClN3O6/c1-2-34-23-13-16(6-11-22(23)35-25(31)17-7-9-19(26)10-8-17)12-18(15-27)24(30)28-20-4-3-5-21(14-20)29(32)33/h3-14H,2H2,1H3,(H,28,30)/b18-12+. The maximum Gasteiger partial charge on any atom is 0.343 e. The van der Waals surface area contributed by atoms with Gasteiger partial charge in [0.1, 0.15) is 11.6 Å². The molecule has 1 N–H and O–H groups in total. The van der Waals surface area contributed by atoms with Crippen molar-refractivity contribution in [3.63, 3.8) is 0 Å². The molecule has 0 fully saturated rings. The van der Waals surface area contributed by atoms with E-state index in [-0.39, 0.29) is 35.1 Å². The summed E-state index contributed by atoms with van der Waals surface area (Å²) in [5.74, 6) is -0.965. The zero-order valence-electron chi connectivity index (χ0n) is 18.4. The lowest BCUT2D eigenvalue weighted by molar-refractivity contribution is -0.384. The molecule has 0 spiro atoms. The van der Waals surface area contributed by atoms with E-state index in [1.54, 1.807) is 25.1 Å². The smallest absolute Gasteiger partial charge is 0.343 e. The molecule has 10 heteroatoms. The molecule has 3 aromatic carbocycles. The highest BCUT2D eigenvalue weighted by molar-refractivity contribution is 6.30. The second-order valence-corrected chi connectivity index (χ2v) is 7.40. The number of nitriles is 1. The molecule has 0 aliphatic rings. The molecule has 0 atom stereocenters. The average molecular weight is 492 g/mol. The largest absolute Gasteiger partial charge is 0.490 e. The lowest BCUT2D eigenvalue weighted by Gasteiger charge is -2.12. The molecule has 0 bridgehead atoms. The van der Waals surface area contributed by atoms with Gasteiger partial charge in [-0.3, -0.25) is 14.9 Å². The molecule has 0 aliphatic heterocycles. The quantitative estimate of drug-likeness (QED) is 0.111. The number of hydrogen-bond donors (Lipinski definition) is 1. The van der Waals surface area contributed by atoms with Crippen molar-refractivity contribution >= 4 is 40.9 Å². The van der Waals surface area contributed by atoms with Crippen LogP contribution in [0.5, 0.6) is 11.5 Å². The van der Waals surface area contributed by atoms with E-state index >= 15 is 0 Å². The van der Waals surface area contributed by atoms with Gasteiger partial charge in [0.15, 0.2) is 11.5 Å². The molecule has 0 radical (unpaired) electrons. The fraction of sp³-hybridized carbons (Fsp3) is 0.0800. The maximum absolute atomic E-state index is 12.6. The lowest BCUT2D eigenvalue weighted by Crippen LogP contribution is -2.13. The molecule has 0 unspecified atom stereocenters. The minimum atomic E-state index is -0.746. The number of non-ortho nitro benzene ring substituents is 1. The van der Waals surface area contributed by atoms with E-state index in [0.717, 1.165) is 0 Å². The van der Waals surface area contributed by atoms with Crippen LogP contribution in [0.3, 0.4) is 0 Å². The summed E-state index contributed by atoms with van der Waals surface area (Å²) in [4.78, 5) is 35.3. The SMILES string of the molecule is CCOc1cc(/C=C(\C#N)C(=O)Nc2cccc([N+](=O)[O-])c2)ccc1OC(=O)c1ccc(Cl)cc1. The number of hydrogen-bond acceptors (Lipinski definition) is 7. The number of benzene rings is 3. The van der Waals surface area contributed by atoms with Crippen molar-refractivity contribution in [3.05, 3.63) is 98.6 Å². The highest BCUT2D eigenvalue weighted by Crippen LogP contribution is 2.30. The van der Waals surface area contributed by atoms with E-state index in [2.05, 4.69) is 5.32 Å². The van der Waals surface area contributed by atoms with Crippen LogP contribution in [0, 0.1) is 21.4 Å². The van der Waals surface area contributed by atoms with Crippen LogP contribution in [0.2, 0.25) is 5.02 Å². The number of rotatable bonds is 8. The third-order valence-corrected chi connectivity index (χ3v) is 4.79. The van der Waals surface area contributed by atoms with E-state index in [0.29, 0.717) is 16.1 Å². The third kappa shape index (κ3) is 6.66. The normalized spacial score (nSPS) is 10.7. The van der Waals surface area contributed by atoms with Gasteiger partial charge in [0.05, 0.1) is 17.1 Å². The molecular formula is C25H18ClN3O6. The van der Waals surface area contributed by atoms with Crippen LogP contribution in [0.25, 0.3) is 6.08 Å². The Balaban J connectivity index is 1.82. The summed E-state index contributed by atoms with van der Waals surface area (Å²) in [5.41, 5.74) is 0.459. The predicted molar refractivity (Wildman–Crippen MR) is 129 cm³/mol. The first kappa shape index (κ1) is 25.0. The Morgan fingerprint density at radius 2 is 1.86 bits per heavy atom. The molecule has 35 heavy (non-hydrogen) atoms. The zero-order valence-corrected chi connectivity index (χ0v) is 19.1. The summed E-state index contributed by atoms with van der Waals surface area (Å²) in [6.45, 7) is 2.03.